The van der Waals surface area contributed by atoms with Gasteiger partial charge in [0.05, 0.1) is 13.0 Å². The predicted octanol–water partition coefficient (Wildman–Crippen LogP) is 5.84. The highest BCUT2D eigenvalue weighted by Crippen LogP contribution is 2.30. The minimum Gasteiger partial charge on any atom is -0.393 e. The maximum absolute atomic E-state index is 13.8. The molecule has 0 bridgehead atoms. The average Bonchev–Trinajstić information content (AvgIpc) is 3.08. The van der Waals surface area contributed by atoms with Crippen LogP contribution in [0.3, 0.4) is 0 Å². The molecule has 28 heavy (non-hydrogen) atoms. The Labute approximate surface area is 176 Å². The summed E-state index contributed by atoms with van der Waals surface area (Å²) < 4.78 is 43.3. The number of aryl methyl sites for hydroxylation is 1. The van der Waals surface area contributed by atoms with Crippen molar-refractivity contribution < 1.29 is 16.8 Å². The Balaban J connectivity index is 2.01. The molecule has 0 saturated carbocycles. The Bertz CT molecular complexity index is 1410. The normalized spacial score (nSPS) is 15.0. The fourth-order valence-electron chi connectivity index (χ4n) is 3.41. The first-order chi connectivity index (χ1) is 15.6. The van der Waals surface area contributed by atoms with E-state index in [0.29, 0.717) is 34.2 Å². The molecule has 0 aliphatic heterocycles. The Morgan fingerprint density at radius 1 is 1.11 bits per heavy atom. The van der Waals surface area contributed by atoms with Crippen LogP contribution in [-0.4, -0.2) is 21.6 Å². The van der Waals surface area contributed by atoms with Gasteiger partial charge in [-0.1, -0.05) is 54.0 Å². The summed E-state index contributed by atoms with van der Waals surface area (Å²) >= 11 is 6.30. The van der Waals surface area contributed by atoms with Crippen molar-refractivity contribution in [1.82, 2.24) is 4.57 Å². The summed E-state index contributed by atoms with van der Waals surface area (Å²) in [5.74, 6) is -0.503. The number of nitrogens with zero attached hydrogens (tertiary/aromatic N) is 1. The van der Waals surface area contributed by atoms with Crippen molar-refractivity contribution in [2.75, 3.05) is 0 Å². The molecule has 3 aromatic carbocycles. The summed E-state index contributed by atoms with van der Waals surface area (Å²) in [5, 5.41) is 11.4. The van der Waals surface area contributed by atoms with E-state index in [1.165, 1.54) is 4.57 Å². The van der Waals surface area contributed by atoms with Gasteiger partial charge in [0.15, 0.2) is 5.78 Å². The van der Waals surface area contributed by atoms with Gasteiger partial charge in [-0.2, -0.15) is 0 Å². The number of halogens is 1. The molecule has 0 amide bonds. The Hall–Kier alpha value is -2.62. The van der Waals surface area contributed by atoms with E-state index in [0.717, 1.165) is 0 Å². The van der Waals surface area contributed by atoms with Crippen LogP contribution in [0.2, 0.25) is 5.02 Å². The molecule has 4 aromatic rings. The highest BCUT2D eigenvalue weighted by Gasteiger charge is 2.19. The second-order valence-corrected chi connectivity index (χ2v) is 7.23. The molecule has 142 valence electrons. The summed E-state index contributed by atoms with van der Waals surface area (Å²) in [6.07, 6.45) is 0.214. The summed E-state index contributed by atoms with van der Waals surface area (Å²) in [7, 11) is 0. The number of fused-ring (bicyclic) bond motifs is 2. The molecule has 0 aliphatic carbocycles. The number of hydrogen-bond donors (Lipinski definition) is 1. The smallest absolute Gasteiger partial charge is 0.195 e. The van der Waals surface area contributed by atoms with Crippen molar-refractivity contribution in [3.8, 4) is 0 Å². The van der Waals surface area contributed by atoms with Gasteiger partial charge in [0.1, 0.15) is 0 Å². The molecule has 0 spiro atoms. The molecular formula is C24H22ClNO2. The lowest BCUT2D eigenvalue weighted by atomic mass is 9.97. The molecule has 1 heterocycles. The molecule has 1 atom stereocenters. The van der Waals surface area contributed by atoms with E-state index in [-0.39, 0.29) is 41.3 Å². The average molecular weight is 397 g/mol. The van der Waals surface area contributed by atoms with Crippen LogP contribution in [0.15, 0.2) is 66.7 Å². The standard InChI is InChI=1S/C24H22ClNO2/c1-16(27)7-6-14-26-15-21(19-10-4-5-11-23(19)26)24(28)20-12-13-22(25)18-9-3-2-8-17(18)20/h2-5,8-13,15-16,27H,6-7,14H2,1H3/i4D,5D,10D,11D,15D. The van der Waals surface area contributed by atoms with E-state index >= 15 is 0 Å². The summed E-state index contributed by atoms with van der Waals surface area (Å²) in [4.78, 5) is 13.8. The van der Waals surface area contributed by atoms with Crippen LogP contribution in [0.4, 0.5) is 0 Å². The first kappa shape index (κ1) is 13.5. The van der Waals surface area contributed by atoms with Gasteiger partial charge < -0.3 is 9.67 Å². The number of carbonyl (C=O) groups is 1. The van der Waals surface area contributed by atoms with Gasteiger partial charge in [0.25, 0.3) is 0 Å². The zero-order valence-corrected chi connectivity index (χ0v) is 16.1. The van der Waals surface area contributed by atoms with Crippen molar-refractivity contribution >= 4 is 39.1 Å². The highest BCUT2D eigenvalue weighted by molar-refractivity contribution is 6.36. The molecular weight excluding hydrogens is 370 g/mol. The van der Waals surface area contributed by atoms with Gasteiger partial charge in [-0.3, -0.25) is 4.79 Å². The molecule has 4 heteroatoms. The summed E-state index contributed by atoms with van der Waals surface area (Å²) in [5.41, 5.74) is 0.360. The second-order valence-electron chi connectivity index (χ2n) is 6.82. The zero-order valence-electron chi connectivity index (χ0n) is 20.3. The van der Waals surface area contributed by atoms with E-state index < -0.39 is 24.0 Å². The number of para-hydroxylation sites is 1. The van der Waals surface area contributed by atoms with E-state index in [4.69, 9.17) is 18.5 Å². The largest absolute Gasteiger partial charge is 0.393 e. The number of aliphatic hydroxyl groups is 1. The topological polar surface area (TPSA) is 42.2 Å². The monoisotopic (exact) mass is 396 g/mol. The SMILES string of the molecule is [2H]c1c([2H])c([2H])c2c(c1[2H])c(C(=O)c1ccc(Cl)c3ccccc13)c([2H])n2CCCC(C)O. The maximum Gasteiger partial charge on any atom is 0.195 e. The Morgan fingerprint density at radius 2 is 1.86 bits per heavy atom. The van der Waals surface area contributed by atoms with Crippen LogP contribution in [0.5, 0.6) is 0 Å². The molecule has 0 saturated heterocycles. The number of aromatic nitrogens is 1. The molecule has 0 radical (unpaired) electrons. The number of aliphatic hydroxyl groups excluding tert-OH is 1. The van der Waals surface area contributed by atoms with E-state index in [1.807, 2.05) is 6.07 Å². The van der Waals surface area contributed by atoms with Crippen molar-refractivity contribution in [2.45, 2.75) is 32.4 Å². The third kappa shape index (κ3) is 3.44. The number of carbonyl (C=O) groups excluding carboxylic acids is 1. The van der Waals surface area contributed by atoms with Gasteiger partial charge in [-0.15, -0.1) is 0 Å². The number of ketones is 1. The lowest BCUT2D eigenvalue weighted by Gasteiger charge is -2.07. The maximum atomic E-state index is 13.8. The first-order valence-electron chi connectivity index (χ1n) is 11.6. The molecule has 0 aliphatic rings. The highest BCUT2D eigenvalue weighted by atomic mass is 35.5. The van der Waals surface area contributed by atoms with Crippen LogP contribution in [0, 0.1) is 0 Å². The fourth-order valence-corrected chi connectivity index (χ4v) is 3.64. The van der Waals surface area contributed by atoms with Crippen molar-refractivity contribution in [3.05, 3.63) is 82.9 Å². The molecule has 1 aromatic heterocycles. The van der Waals surface area contributed by atoms with Crippen LogP contribution >= 0.6 is 11.6 Å². The lowest BCUT2D eigenvalue weighted by molar-refractivity contribution is 0.104. The molecule has 3 nitrogen and oxygen atoms in total. The quantitative estimate of drug-likeness (QED) is 0.416. The van der Waals surface area contributed by atoms with Gasteiger partial charge in [-0.25, -0.2) is 0 Å². The number of rotatable bonds is 6. The van der Waals surface area contributed by atoms with E-state index in [2.05, 4.69) is 0 Å². The van der Waals surface area contributed by atoms with Crippen LogP contribution < -0.4 is 0 Å². The van der Waals surface area contributed by atoms with Crippen LogP contribution in [0.25, 0.3) is 21.7 Å². The van der Waals surface area contributed by atoms with Crippen LogP contribution in [0.1, 0.15) is 42.5 Å². The second kappa shape index (κ2) is 7.78. The summed E-state index contributed by atoms with van der Waals surface area (Å²) in [6.45, 7) is 1.89. The van der Waals surface area contributed by atoms with Gasteiger partial charge in [0.2, 0.25) is 0 Å². The molecule has 1 unspecified atom stereocenters. The first-order valence-corrected chi connectivity index (χ1v) is 9.52. The third-order valence-corrected chi connectivity index (χ3v) is 5.11. The molecule has 0 fully saturated rings. The van der Waals surface area contributed by atoms with E-state index in [1.54, 1.807) is 37.3 Å². The third-order valence-electron chi connectivity index (χ3n) is 4.78. The fraction of sp³-hybridized carbons (Fsp3) is 0.208. The number of benzene rings is 3. The lowest BCUT2D eigenvalue weighted by Crippen LogP contribution is -2.04. The Kier molecular flexibility index (Phi) is 3.76. The van der Waals surface area contributed by atoms with Crippen molar-refractivity contribution in [2.24, 2.45) is 0 Å². The van der Waals surface area contributed by atoms with Crippen LogP contribution in [-0.2, 0) is 6.54 Å². The molecule has 4 rings (SSSR count). The van der Waals surface area contributed by atoms with Gasteiger partial charge in [0, 0.05) is 45.2 Å². The zero-order chi connectivity index (χ0) is 24.0. The predicted molar refractivity (Wildman–Crippen MR) is 115 cm³/mol. The van der Waals surface area contributed by atoms with Crippen molar-refractivity contribution in [1.29, 1.82) is 0 Å². The van der Waals surface area contributed by atoms with Gasteiger partial charge in [-0.05, 0) is 43.3 Å². The van der Waals surface area contributed by atoms with Crippen molar-refractivity contribution in [3.63, 3.8) is 0 Å². The minimum atomic E-state index is -0.545. The minimum absolute atomic E-state index is 0.0343. The van der Waals surface area contributed by atoms with E-state index in [9.17, 15) is 9.90 Å². The summed E-state index contributed by atoms with van der Waals surface area (Å²) in [6, 6.07) is 8.81. The Morgan fingerprint density at radius 3 is 2.64 bits per heavy atom. The van der Waals surface area contributed by atoms with Gasteiger partial charge >= 0.3 is 0 Å². The number of hydrogen-bond acceptors (Lipinski definition) is 2. The molecule has 1 N–H and O–H groups in total.